The van der Waals surface area contributed by atoms with Gasteiger partial charge >= 0.3 is 0 Å². The Kier molecular flexibility index (Phi) is 1.85. The summed E-state index contributed by atoms with van der Waals surface area (Å²) in [6, 6.07) is 7.94. The monoisotopic (exact) mass is 188 g/mol. The first-order valence-corrected chi connectivity index (χ1v) is 4.13. The van der Waals surface area contributed by atoms with E-state index in [0.29, 0.717) is 16.3 Å². The lowest BCUT2D eigenvalue weighted by atomic mass is 10.0. The van der Waals surface area contributed by atoms with Crippen molar-refractivity contribution in [2.45, 2.75) is 0 Å². The first kappa shape index (κ1) is 8.56. The van der Waals surface area contributed by atoms with E-state index in [2.05, 4.69) is 0 Å². The molecule has 2 aromatic carbocycles. The van der Waals surface area contributed by atoms with Gasteiger partial charge in [0.25, 0.3) is 0 Å². The number of hydrogen-bond donors (Lipinski definition) is 2. The molecular formula is C11H8O3. The summed E-state index contributed by atoms with van der Waals surface area (Å²) < 4.78 is 0. The van der Waals surface area contributed by atoms with Crippen LogP contribution in [-0.4, -0.2) is 16.5 Å². The van der Waals surface area contributed by atoms with Gasteiger partial charge in [0.15, 0.2) is 17.8 Å². The molecule has 2 N–H and O–H groups in total. The van der Waals surface area contributed by atoms with Crippen LogP contribution in [0.15, 0.2) is 30.3 Å². The van der Waals surface area contributed by atoms with E-state index < -0.39 is 0 Å². The van der Waals surface area contributed by atoms with Crippen LogP contribution in [0.5, 0.6) is 11.5 Å². The molecule has 0 aliphatic carbocycles. The molecule has 0 aliphatic heterocycles. The van der Waals surface area contributed by atoms with E-state index in [9.17, 15) is 15.0 Å². The smallest absolute Gasteiger partial charge is 0.165 e. The summed E-state index contributed by atoms with van der Waals surface area (Å²) in [6.07, 6.45) is 0.721. The quantitative estimate of drug-likeness (QED) is 0.532. The molecule has 14 heavy (non-hydrogen) atoms. The maximum atomic E-state index is 10.7. The number of phenols is 2. The standard InChI is InChI=1S/C11H8O3/c12-6-7-2-1-3-9-8(7)4-5-10(13)11(9)14/h1-6,13-14H. The minimum atomic E-state index is -0.189. The van der Waals surface area contributed by atoms with E-state index >= 15 is 0 Å². The van der Waals surface area contributed by atoms with Gasteiger partial charge in [-0.15, -0.1) is 0 Å². The number of phenolic OH excluding ortho intramolecular Hbond substituents is 2. The van der Waals surface area contributed by atoms with E-state index in [-0.39, 0.29) is 11.5 Å². The van der Waals surface area contributed by atoms with E-state index in [1.165, 1.54) is 6.07 Å². The highest BCUT2D eigenvalue weighted by atomic mass is 16.3. The molecule has 0 radical (unpaired) electrons. The fourth-order valence-electron chi connectivity index (χ4n) is 1.46. The third kappa shape index (κ3) is 1.10. The third-order valence-corrected chi connectivity index (χ3v) is 2.17. The molecule has 0 aromatic heterocycles. The van der Waals surface area contributed by atoms with Crippen LogP contribution in [0.2, 0.25) is 0 Å². The third-order valence-electron chi connectivity index (χ3n) is 2.17. The van der Waals surface area contributed by atoms with Crippen molar-refractivity contribution in [3.8, 4) is 11.5 Å². The van der Waals surface area contributed by atoms with E-state index in [4.69, 9.17) is 0 Å². The summed E-state index contributed by atoms with van der Waals surface area (Å²) >= 11 is 0. The topological polar surface area (TPSA) is 57.5 Å². The average Bonchev–Trinajstić information content (AvgIpc) is 2.23. The highest BCUT2D eigenvalue weighted by Crippen LogP contribution is 2.34. The molecule has 2 aromatic rings. The van der Waals surface area contributed by atoms with Crippen LogP contribution in [0.4, 0.5) is 0 Å². The average molecular weight is 188 g/mol. The minimum absolute atomic E-state index is 0.180. The number of rotatable bonds is 1. The van der Waals surface area contributed by atoms with Crippen molar-refractivity contribution in [3.05, 3.63) is 35.9 Å². The molecule has 0 saturated heterocycles. The highest BCUT2D eigenvalue weighted by molar-refractivity contribution is 6.01. The molecule has 70 valence electrons. The van der Waals surface area contributed by atoms with Crippen LogP contribution in [0.1, 0.15) is 10.4 Å². The molecule has 3 nitrogen and oxygen atoms in total. The van der Waals surface area contributed by atoms with Gasteiger partial charge in [-0.1, -0.05) is 18.2 Å². The largest absolute Gasteiger partial charge is 0.504 e. The van der Waals surface area contributed by atoms with Gasteiger partial charge in [0.2, 0.25) is 0 Å². The van der Waals surface area contributed by atoms with Gasteiger partial charge in [0, 0.05) is 10.9 Å². The number of hydrogen-bond acceptors (Lipinski definition) is 3. The van der Waals surface area contributed by atoms with Gasteiger partial charge in [-0.25, -0.2) is 0 Å². The van der Waals surface area contributed by atoms with Crippen LogP contribution in [-0.2, 0) is 0 Å². The summed E-state index contributed by atoms with van der Waals surface area (Å²) in [5.74, 6) is -0.369. The van der Waals surface area contributed by atoms with Gasteiger partial charge < -0.3 is 10.2 Å². The lowest BCUT2D eigenvalue weighted by Gasteiger charge is -2.04. The Morgan fingerprint density at radius 2 is 1.79 bits per heavy atom. The Hall–Kier alpha value is -2.03. The van der Waals surface area contributed by atoms with Crippen LogP contribution >= 0.6 is 0 Å². The molecule has 0 heterocycles. The van der Waals surface area contributed by atoms with E-state index in [1.54, 1.807) is 24.3 Å². The van der Waals surface area contributed by atoms with Crippen molar-refractivity contribution in [2.75, 3.05) is 0 Å². The molecule has 2 rings (SSSR count). The van der Waals surface area contributed by atoms with Crippen molar-refractivity contribution in [2.24, 2.45) is 0 Å². The first-order chi connectivity index (χ1) is 6.74. The number of benzene rings is 2. The molecule has 0 saturated carbocycles. The maximum absolute atomic E-state index is 10.7. The minimum Gasteiger partial charge on any atom is -0.504 e. The van der Waals surface area contributed by atoms with Crippen molar-refractivity contribution < 1.29 is 15.0 Å². The predicted molar refractivity (Wildman–Crippen MR) is 52.7 cm³/mol. The Balaban J connectivity index is 2.92. The number of carbonyl (C=O) groups is 1. The number of carbonyl (C=O) groups excluding carboxylic acids is 1. The number of aromatic hydroxyl groups is 2. The van der Waals surface area contributed by atoms with E-state index in [1.807, 2.05) is 0 Å². The molecule has 0 aliphatic rings. The first-order valence-electron chi connectivity index (χ1n) is 4.13. The highest BCUT2D eigenvalue weighted by Gasteiger charge is 2.06. The van der Waals surface area contributed by atoms with Gasteiger partial charge in [0.1, 0.15) is 0 Å². The molecule has 0 unspecified atom stereocenters. The zero-order valence-electron chi connectivity index (χ0n) is 7.27. The van der Waals surface area contributed by atoms with Gasteiger partial charge in [-0.05, 0) is 17.5 Å². The lowest BCUT2D eigenvalue weighted by Crippen LogP contribution is -1.83. The zero-order valence-corrected chi connectivity index (χ0v) is 7.27. The van der Waals surface area contributed by atoms with Crippen LogP contribution in [0.25, 0.3) is 10.8 Å². The summed E-state index contributed by atoms with van der Waals surface area (Å²) in [5, 5.41) is 19.9. The Bertz CT molecular complexity index is 503. The molecular weight excluding hydrogens is 180 g/mol. The van der Waals surface area contributed by atoms with Crippen molar-refractivity contribution in [1.82, 2.24) is 0 Å². The predicted octanol–water partition coefficient (Wildman–Crippen LogP) is 2.06. The fraction of sp³-hybridized carbons (Fsp3) is 0. The zero-order chi connectivity index (χ0) is 10.1. The lowest BCUT2D eigenvalue weighted by molar-refractivity contribution is 0.112. The second-order valence-electron chi connectivity index (χ2n) is 2.99. The van der Waals surface area contributed by atoms with Crippen molar-refractivity contribution in [3.63, 3.8) is 0 Å². The number of aldehydes is 1. The fourth-order valence-corrected chi connectivity index (χ4v) is 1.46. The molecule has 3 heteroatoms. The Morgan fingerprint density at radius 3 is 2.50 bits per heavy atom. The van der Waals surface area contributed by atoms with E-state index in [0.717, 1.165) is 6.29 Å². The SMILES string of the molecule is O=Cc1cccc2c(O)c(O)ccc12. The Labute approximate surface area is 80.2 Å². The number of fused-ring (bicyclic) bond motifs is 1. The van der Waals surface area contributed by atoms with Crippen molar-refractivity contribution in [1.29, 1.82) is 0 Å². The van der Waals surface area contributed by atoms with Gasteiger partial charge in [0.05, 0.1) is 0 Å². The van der Waals surface area contributed by atoms with Crippen LogP contribution in [0.3, 0.4) is 0 Å². The molecule has 0 bridgehead atoms. The summed E-state index contributed by atoms with van der Waals surface area (Å²) in [6.45, 7) is 0. The summed E-state index contributed by atoms with van der Waals surface area (Å²) in [4.78, 5) is 10.7. The molecule has 0 amide bonds. The van der Waals surface area contributed by atoms with Crippen LogP contribution in [0, 0.1) is 0 Å². The summed E-state index contributed by atoms with van der Waals surface area (Å²) in [5.41, 5.74) is 0.498. The second-order valence-corrected chi connectivity index (χ2v) is 2.99. The van der Waals surface area contributed by atoms with Gasteiger partial charge in [-0.3, -0.25) is 4.79 Å². The molecule has 0 atom stereocenters. The van der Waals surface area contributed by atoms with Crippen molar-refractivity contribution >= 4 is 17.1 Å². The van der Waals surface area contributed by atoms with Crippen LogP contribution < -0.4 is 0 Å². The molecule has 0 spiro atoms. The molecule has 0 fully saturated rings. The normalized spacial score (nSPS) is 10.3. The second kappa shape index (κ2) is 3.03. The maximum Gasteiger partial charge on any atom is 0.165 e. The Morgan fingerprint density at radius 1 is 1.00 bits per heavy atom. The van der Waals surface area contributed by atoms with Gasteiger partial charge in [-0.2, -0.15) is 0 Å². The summed E-state index contributed by atoms with van der Waals surface area (Å²) in [7, 11) is 0.